The topological polar surface area (TPSA) is 93.5 Å². The average molecular weight is 254 g/mol. The molecule has 0 atom stereocenters. The van der Waals surface area contributed by atoms with Crippen LogP contribution in [-0.2, 0) is 0 Å². The van der Waals surface area contributed by atoms with E-state index in [0.717, 1.165) is 5.56 Å². The van der Waals surface area contributed by atoms with Gasteiger partial charge in [0.1, 0.15) is 11.3 Å². The number of anilines is 1. The third-order valence-corrected chi connectivity index (χ3v) is 2.75. The number of aromatic carboxylic acids is 1. The van der Waals surface area contributed by atoms with Gasteiger partial charge >= 0.3 is 5.97 Å². The van der Waals surface area contributed by atoms with Crippen molar-refractivity contribution in [1.82, 2.24) is 14.6 Å². The molecule has 6 nitrogen and oxygen atoms in total. The van der Waals surface area contributed by atoms with Crippen LogP contribution in [0.4, 0.5) is 5.69 Å². The molecule has 0 fully saturated rings. The van der Waals surface area contributed by atoms with Crippen LogP contribution in [0.5, 0.6) is 0 Å². The summed E-state index contributed by atoms with van der Waals surface area (Å²) in [6.45, 7) is 0. The Morgan fingerprint density at radius 1 is 1.26 bits per heavy atom. The van der Waals surface area contributed by atoms with Gasteiger partial charge in [-0.2, -0.15) is 5.10 Å². The first-order chi connectivity index (χ1) is 9.16. The Morgan fingerprint density at radius 2 is 2.00 bits per heavy atom. The largest absolute Gasteiger partial charge is 0.477 e. The minimum Gasteiger partial charge on any atom is -0.477 e. The van der Waals surface area contributed by atoms with E-state index >= 15 is 0 Å². The zero-order valence-electron chi connectivity index (χ0n) is 9.82. The van der Waals surface area contributed by atoms with E-state index in [4.69, 9.17) is 5.73 Å². The molecule has 3 aromatic rings. The number of aromatic nitrogens is 3. The number of fused-ring (bicyclic) bond motifs is 1. The lowest BCUT2D eigenvalue weighted by Gasteiger charge is -1.97. The molecule has 19 heavy (non-hydrogen) atoms. The number of carboxylic acids is 1. The summed E-state index contributed by atoms with van der Waals surface area (Å²) < 4.78 is 1.39. The van der Waals surface area contributed by atoms with Crippen molar-refractivity contribution in [3.05, 3.63) is 48.3 Å². The quantitative estimate of drug-likeness (QED) is 0.725. The first kappa shape index (κ1) is 11.2. The van der Waals surface area contributed by atoms with E-state index in [1.165, 1.54) is 10.7 Å². The fraction of sp³-hybridized carbons (Fsp3) is 0. The number of hydrogen-bond acceptors (Lipinski definition) is 4. The average Bonchev–Trinajstić information content (AvgIpc) is 2.78. The van der Waals surface area contributed by atoms with Gasteiger partial charge in [-0.3, -0.25) is 0 Å². The summed E-state index contributed by atoms with van der Waals surface area (Å²) >= 11 is 0. The molecule has 0 aliphatic carbocycles. The van der Waals surface area contributed by atoms with Crippen LogP contribution < -0.4 is 5.73 Å². The summed E-state index contributed by atoms with van der Waals surface area (Å²) in [4.78, 5) is 15.5. The van der Waals surface area contributed by atoms with Crippen LogP contribution in [0.15, 0.2) is 42.7 Å². The van der Waals surface area contributed by atoms with Crippen LogP contribution in [-0.4, -0.2) is 25.7 Å². The van der Waals surface area contributed by atoms with E-state index in [0.29, 0.717) is 11.4 Å². The van der Waals surface area contributed by atoms with Gasteiger partial charge in [-0.25, -0.2) is 14.3 Å². The second-order valence-corrected chi connectivity index (χ2v) is 4.05. The molecular formula is C13H10N4O2. The smallest absolute Gasteiger partial charge is 0.341 e. The molecule has 3 N–H and O–H groups in total. The first-order valence-electron chi connectivity index (χ1n) is 5.59. The van der Waals surface area contributed by atoms with Gasteiger partial charge in [0.2, 0.25) is 0 Å². The van der Waals surface area contributed by atoms with E-state index in [2.05, 4.69) is 10.1 Å². The van der Waals surface area contributed by atoms with Crippen molar-refractivity contribution >= 4 is 17.3 Å². The number of nitrogens with zero attached hydrogens (tertiary/aromatic N) is 3. The van der Waals surface area contributed by atoms with Crippen LogP contribution >= 0.6 is 0 Å². The van der Waals surface area contributed by atoms with Gasteiger partial charge in [-0.15, -0.1) is 0 Å². The fourth-order valence-corrected chi connectivity index (χ4v) is 1.94. The third-order valence-electron chi connectivity index (χ3n) is 2.75. The van der Waals surface area contributed by atoms with Crippen molar-refractivity contribution < 1.29 is 9.90 Å². The molecule has 0 saturated carbocycles. The second kappa shape index (κ2) is 4.09. The van der Waals surface area contributed by atoms with E-state index in [-0.39, 0.29) is 11.2 Å². The molecule has 3 rings (SSSR count). The molecule has 0 amide bonds. The number of nitrogens with two attached hydrogens (primary N) is 1. The molecule has 0 spiro atoms. The highest BCUT2D eigenvalue weighted by molar-refractivity contribution is 6.01. The van der Waals surface area contributed by atoms with Crippen molar-refractivity contribution in [1.29, 1.82) is 0 Å². The number of carboxylic acid groups (broad SMARTS) is 1. The molecule has 2 aromatic heterocycles. The maximum atomic E-state index is 11.4. The summed E-state index contributed by atoms with van der Waals surface area (Å²) in [5.74, 6) is -1.06. The Bertz CT molecular complexity index is 765. The molecule has 94 valence electrons. The van der Waals surface area contributed by atoms with Gasteiger partial charge in [-0.05, 0) is 0 Å². The van der Waals surface area contributed by atoms with E-state index < -0.39 is 5.97 Å². The van der Waals surface area contributed by atoms with Crippen molar-refractivity contribution in [2.24, 2.45) is 0 Å². The molecule has 0 saturated heterocycles. The Kier molecular flexibility index (Phi) is 2.42. The summed E-state index contributed by atoms with van der Waals surface area (Å²) in [5, 5.41) is 13.6. The summed E-state index contributed by atoms with van der Waals surface area (Å²) in [5.41, 5.74) is 7.51. The van der Waals surface area contributed by atoms with Gasteiger partial charge < -0.3 is 10.8 Å². The molecule has 0 unspecified atom stereocenters. The Labute approximate surface area is 108 Å². The normalized spacial score (nSPS) is 10.7. The first-order valence-corrected chi connectivity index (χ1v) is 5.59. The number of nitrogen functional groups attached to an aromatic ring is 1. The van der Waals surface area contributed by atoms with Gasteiger partial charge in [0.15, 0.2) is 5.65 Å². The monoisotopic (exact) mass is 254 g/mol. The van der Waals surface area contributed by atoms with Crippen molar-refractivity contribution in [2.75, 3.05) is 5.73 Å². The van der Waals surface area contributed by atoms with Crippen molar-refractivity contribution in [2.45, 2.75) is 0 Å². The Hall–Kier alpha value is -2.89. The van der Waals surface area contributed by atoms with E-state index in [1.807, 2.05) is 18.2 Å². The van der Waals surface area contributed by atoms with Gasteiger partial charge in [0.25, 0.3) is 0 Å². The molecular weight excluding hydrogens is 244 g/mol. The Morgan fingerprint density at radius 3 is 2.68 bits per heavy atom. The molecule has 0 aliphatic rings. The van der Waals surface area contributed by atoms with Crippen LogP contribution in [0.1, 0.15) is 10.4 Å². The van der Waals surface area contributed by atoms with Crippen molar-refractivity contribution in [3.63, 3.8) is 0 Å². The zero-order chi connectivity index (χ0) is 13.4. The predicted octanol–water partition coefficient (Wildman–Crippen LogP) is 1.68. The van der Waals surface area contributed by atoms with Gasteiger partial charge in [0.05, 0.1) is 18.1 Å². The SMILES string of the molecule is Nc1cnc2c(C(=O)O)c(-c3ccccc3)nn2c1. The van der Waals surface area contributed by atoms with E-state index in [1.54, 1.807) is 18.3 Å². The van der Waals surface area contributed by atoms with E-state index in [9.17, 15) is 9.90 Å². The lowest BCUT2D eigenvalue weighted by molar-refractivity contribution is 0.0699. The summed E-state index contributed by atoms with van der Waals surface area (Å²) in [6.07, 6.45) is 2.96. The minimum absolute atomic E-state index is 0.0752. The molecule has 0 radical (unpaired) electrons. The fourth-order valence-electron chi connectivity index (χ4n) is 1.94. The van der Waals surface area contributed by atoms with Crippen LogP contribution in [0.3, 0.4) is 0 Å². The second-order valence-electron chi connectivity index (χ2n) is 4.05. The summed E-state index contributed by atoms with van der Waals surface area (Å²) in [6, 6.07) is 9.12. The number of benzene rings is 1. The lowest BCUT2D eigenvalue weighted by Crippen LogP contribution is -2.00. The number of hydrogen-bond donors (Lipinski definition) is 2. The third kappa shape index (κ3) is 1.79. The maximum absolute atomic E-state index is 11.4. The molecule has 0 aliphatic heterocycles. The summed E-state index contributed by atoms with van der Waals surface area (Å²) in [7, 11) is 0. The molecule has 6 heteroatoms. The standard InChI is InChI=1S/C13H10N4O2/c14-9-6-15-12-10(13(18)19)11(16-17(12)7-9)8-4-2-1-3-5-8/h1-7H,14H2,(H,18,19). The highest BCUT2D eigenvalue weighted by atomic mass is 16.4. The van der Waals surface area contributed by atoms with Gasteiger partial charge in [-0.1, -0.05) is 30.3 Å². The van der Waals surface area contributed by atoms with Crippen molar-refractivity contribution in [3.8, 4) is 11.3 Å². The Balaban J connectivity index is 2.35. The number of rotatable bonds is 2. The van der Waals surface area contributed by atoms with Crippen LogP contribution in [0.2, 0.25) is 0 Å². The maximum Gasteiger partial charge on any atom is 0.341 e. The highest BCUT2D eigenvalue weighted by Crippen LogP contribution is 2.25. The predicted molar refractivity (Wildman–Crippen MR) is 69.8 cm³/mol. The lowest BCUT2D eigenvalue weighted by atomic mass is 10.1. The van der Waals surface area contributed by atoms with Crippen LogP contribution in [0.25, 0.3) is 16.9 Å². The number of carbonyl (C=O) groups is 1. The molecule has 1 aromatic carbocycles. The molecule has 0 bridgehead atoms. The zero-order valence-corrected chi connectivity index (χ0v) is 9.82. The minimum atomic E-state index is -1.06. The highest BCUT2D eigenvalue weighted by Gasteiger charge is 2.21. The van der Waals surface area contributed by atoms with Gasteiger partial charge in [0, 0.05) is 5.56 Å². The molecule has 2 heterocycles. The van der Waals surface area contributed by atoms with Crippen LogP contribution in [0, 0.1) is 0 Å².